The van der Waals surface area contributed by atoms with Crippen molar-refractivity contribution in [2.45, 2.75) is 13.0 Å². The fourth-order valence-electron chi connectivity index (χ4n) is 2.36. The minimum atomic E-state index is -0.172. The molecule has 0 spiro atoms. The zero-order valence-corrected chi connectivity index (χ0v) is 14.7. The number of amides is 2. The van der Waals surface area contributed by atoms with Crippen molar-refractivity contribution in [3.8, 4) is 5.75 Å². The molecule has 0 saturated heterocycles. The highest BCUT2D eigenvalue weighted by molar-refractivity contribution is 5.89. The van der Waals surface area contributed by atoms with Gasteiger partial charge in [-0.3, -0.25) is 0 Å². The van der Waals surface area contributed by atoms with Crippen LogP contribution in [0, 0.1) is 0 Å². The van der Waals surface area contributed by atoms with Crippen LogP contribution in [0.2, 0.25) is 0 Å². The number of hydrogen-bond acceptors (Lipinski definition) is 4. The van der Waals surface area contributed by atoms with Gasteiger partial charge in [-0.1, -0.05) is 6.07 Å². The van der Waals surface area contributed by atoms with Gasteiger partial charge in [0.2, 0.25) is 0 Å². The van der Waals surface area contributed by atoms with Crippen LogP contribution in [0.1, 0.15) is 18.7 Å². The molecular weight excluding hydrogens is 306 g/mol. The van der Waals surface area contributed by atoms with Gasteiger partial charge in [-0.2, -0.15) is 0 Å². The molecule has 0 aliphatic rings. The first kappa shape index (κ1) is 17.9. The summed E-state index contributed by atoms with van der Waals surface area (Å²) in [7, 11) is 5.56. The van der Waals surface area contributed by atoms with Crippen LogP contribution in [0.25, 0.3) is 0 Å². The summed E-state index contributed by atoms with van der Waals surface area (Å²) in [5, 5.41) is 2.93. The molecule has 1 unspecified atom stereocenters. The van der Waals surface area contributed by atoms with E-state index in [0.29, 0.717) is 18.0 Å². The molecule has 6 heteroatoms. The number of furan rings is 1. The molecule has 24 heavy (non-hydrogen) atoms. The average molecular weight is 331 g/mol. The highest BCUT2D eigenvalue weighted by Gasteiger charge is 2.23. The first-order chi connectivity index (χ1) is 11.5. The first-order valence-corrected chi connectivity index (χ1v) is 7.91. The monoisotopic (exact) mass is 331 g/mol. The molecule has 2 amide bonds. The number of hydrogen-bond donors (Lipinski definition) is 1. The Bertz CT molecular complexity index is 641. The van der Waals surface area contributed by atoms with Gasteiger partial charge in [-0.25, -0.2) is 4.79 Å². The van der Waals surface area contributed by atoms with Gasteiger partial charge in [0, 0.05) is 24.8 Å². The maximum absolute atomic E-state index is 12.8. The van der Waals surface area contributed by atoms with Gasteiger partial charge in [0.1, 0.15) is 11.5 Å². The lowest BCUT2D eigenvalue weighted by Gasteiger charge is -2.29. The van der Waals surface area contributed by atoms with Gasteiger partial charge < -0.3 is 24.3 Å². The average Bonchev–Trinajstić information content (AvgIpc) is 3.09. The standard InChI is InChI=1S/C18H25N3O3/c1-14(17-9-6-12-24-17)21(11-10-20(2)3)18(22)19-15-7-5-8-16(13-15)23-4/h5-9,12-14H,10-11H2,1-4H3,(H,19,22). The molecule has 2 rings (SSSR count). The number of anilines is 1. The third kappa shape index (κ3) is 4.76. The van der Waals surface area contributed by atoms with Gasteiger partial charge in [-0.15, -0.1) is 0 Å². The number of likely N-dealkylation sites (N-methyl/N-ethyl adjacent to an activating group) is 1. The van der Waals surface area contributed by atoms with Crippen molar-refractivity contribution in [2.24, 2.45) is 0 Å². The predicted octanol–water partition coefficient (Wildman–Crippen LogP) is 3.44. The van der Waals surface area contributed by atoms with Crippen LogP contribution >= 0.6 is 0 Å². The number of nitrogens with zero attached hydrogens (tertiary/aromatic N) is 2. The van der Waals surface area contributed by atoms with Crippen molar-refractivity contribution < 1.29 is 13.9 Å². The van der Waals surface area contributed by atoms with Crippen molar-refractivity contribution >= 4 is 11.7 Å². The number of carbonyl (C=O) groups is 1. The Morgan fingerprint density at radius 1 is 1.25 bits per heavy atom. The molecule has 1 heterocycles. The van der Waals surface area contributed by atoms with Gasteiger partial charge >= 0.3 is 6.03 Å². The minimum absolute atomic E-state index is 0.162. The fourth-order valence-corrected chi connectivity index (χ4v) is 2.36. The summed E-state index contributed by atoms with van der Waals surface area (Å²) in [5.74, 6) is 1.46. The lowest BCUT2D eigenvalue weighted by atomic mass is 10.2. The quantitative estimate of drug-likeness (QED) is 0.844. The minimum Gasteiger partial charge on any atom is -0.497 e. The van der Waals surface area contributed by atoms with Crippen LogP contribution in [0.4, 0.5) is 10.5 Å². The smallest absolute Gasteiger partial charge is 0.322 e. The number of rotatable bonds is 7. The second-order valence-electron chi connectivity index (χ2n) is 5.85. The lowest BCUT2D eigenvalue weighted by molar-refractivity contribution is 0.176. The number of nitrogens with one attached hydrogen (secondary N) is 1. The van der Waals surface area contributed by atoms with Gasteiger partial charge in [0.25, 0.3) is 0 Å². The SMILES string of the molecule is COc1cccc(NC(=O)N(CCN(C)C)C(C)c2ccco2)c1. The molecule has 0 radical (unpaired) electrons. The Hall–Kier alpha value is -2.47. The van der Waals surface area contributed by atoms with Crippen LogP contribution in [0.3, 0.4) is 0 Å². The van der Waals surface area contributed by atoms with Crippen LogP contribution < -0.4 is 10.1 Å². The van der Waals surface area contributed by atoms with E-state index in [9.17, 15) is 4.79 Å². The van der Waals surface area contributed by atoms with E-state index in [4.69, 9.17) is 9.15 Å². The number of urea groups is 1. The van der Waals surface area contributed by atoms with Crippen LogP contribution in [0.5, 0.6) is 5.75 Å². The Balaban J connectivity index is 2.13. The van der Waals surface area contributed by atoms with E-state index in [0.717, 1.165) is 12.3 Å². The molecule has 1 aromatic carbocycles. The molecule has 130 valence electrons. The molecule has 0 saturated carbocycles. The van der Waals surface area contributed by atoms with Crippen molar-refractivity contribution in [3.63, 3.8) is 0 Å². The molecule has 2 aromatic rings. The zero-order chi connectivity index (χ0) is 17.5. The van der Waals surface area contributed by atoms with E-state index in [-0.39, 0.29) is 12.1 Å². The summed E-state index contributed by atoms with van der Waals surface area (Å²) >= 11 is 0. The van der Waals surface area contributed by atoms with Crippen LogP contribution in [-0.2, 0) is 0 Å². The lowest BCUT2D eigenvalue weighted by Crippen LogP contribution is -2.41. The highest BCUT2D eigenvalue weighted by atomic mass is 16.5. The second-order valence-corrected chi connectivity index (χ2v) is 5.85. The largest absolute Gasteiger partial charge is 0.497 e. The van der Waals surface area contributed by atoms with E-state index in [1.807, 2.05) is 56.3 Å². The number of carbonyl (C=O) groups excluding carboxylic acids is 1. The molecule has 1 aromatic heterocycles. The summed E-state index contributed by atoms with van der Waals surface area (Å²) in [6.07, 6.45) is 1.62. The molecule has 6 nitrogen and oxygen atoms in total. The number of benzene rings is 1. The Kier molecular flexibility index (Phi) is 6.26. The van der Waals surface area contributed by atoms with E-state index in [2.05, 4.69) is 5.32 Å². The molecule has 0 aliphatic heterocycles. The number of methoxy groups -OCH3 is 1. The van der Waals surface area contributed by atoms with Crippen molar-refractivity contribution in [3.05, 3.63) is 48.4 Å². The van der Waals surface area contributed by atoms with Crippen molar-refractivity contribution in [1.29, 1.82) is 0 Å². The molecule has 0 bridgehead atoms. The van der Waals surface area contributed by atoms with Crippen molar-refractivity contribution in [2.75, 3.05) is 39.6 Å². The maximum Gasteiger partial charge on any atom is 0.322 e. The van der Waals surface area contributed by atoms with Crippen molar-refractivity contribution in [1.82, 2.24) is 9.80 Å². The first-order valence-electron chi connectivity index (χ1n) is 7.91. The van der Waals surface area contributed by atoms with E-state index >= 15 is 0 Å². The molecular formula is C18H25N3O3. The Morgan fingerprint density at radius 2 is 2.04 bits per heavy atom. The normalized spacial score (nSPS) is 12.0. The maximum atomic E-state index is 12.8. The summed E-state index contributed by atoms with van der Waals surface area (Å²) in [6.45, 7) is 3.31. The summed E-state index contributed by atoms with van der Waals surface area (Å²) < 4.78 is 10.7. The summed E-state index contributed by atoms with van der Waals surface area (Å²) in [5.41, 5.74) is 0.695. The predicted molar refractivity (Wildman–Crippen MR) is 94.4 cm³/mol. The van der Waals surface area contributed by atoms with E-state index in [1.165, 1.54) is 0 Å². The van der Waals surface area contributed by atoms with Crippen LogP contribution in [0.15, 0.2) is 47.1 Å². The zero-order valence-electron chi connectivity index (χ0n) is 14.7. The third-order valence-electron chi connectivity index (χ3n) is 3.79. The van der Waals surface area contributed by atoms with Gasteiger partial charge in [0.15, 0.2) is 0 Å². The third-order valence-corrected chi connectivity index (χ3v) is 3.79. The highest BCUT2D eigenvalue weighted by Crippen LogP contribution is 2.23. The number of ether oxygens (including phenoxy) is 1. The molecule has 1 N–H and O–H groups in total. The fraction of sp³-hybridized carbons (Fsp3) is 0.389. The molecule has 0 aliphatic carbocycles. The van der Waals surface area contributed by atoms with E-state index < -0.39 is 0 Å². The summed E-state index contributed by atoms with van der Waals surface area (Å²) in [4.78, 5) is 16.6. The van der Waals surface area contributed by atoms with Gasteiger partial charge in [0.05, 0.1) is 19.4 Å². The molecule has 0 fully saturated rings. The Labute approximate surface area is 143 Å². The van der Waals surface area contributed by atoms with Crippen LogP contribution in [-0.4, -0.2) is 50.1 Å². The van der Waals surface area contributed by atoms with E-state index in [1.54, 1.807) is 24.3 Å². The van der Waals surface area contributed by atoms with Gasteiger partial charge in [-0.05, 0) is 45.3 Å². The summed E-state index contributed by atoms with van der Waals surface area (Å²) in [6, 6.07) is 10.7. The topological polar surface area (TPSA) is 58.0 Å². The second kappa shape index (κ2) is 8.40. The Morgan fingerprint density at radius 3 is 2.67 bits per heavy atom. The molecule has 1 atom stereocenters.